The molecule has 39 heavy (non-hydrogen) atoms. The minimum atomic E-state index is -0.803. The lowest BCUT2D eigenvalue weighted by Gasteiger charge is -2.33. The number of piperidine rings is 1. The van der Waals surface area contributed by atoms with Gasteiger partial charge < -0.3 is 39.2 Å². The maximum Gasteiger partial charge on any atom is 0.254 e. The number of nitrogens with one attached hydrogen (secondary N) is 2. The van der Waals surface area contributed by atoms with Crippen molar-refractivity contribution in [3.63, 3.8) is 0 Å². The Balaban J connectivity index is 1.66. The van der Waals surface area contributed by atoms with E-state index in [0.717, 1.165) is 5.56 Å². The van der Waals surface area contributed by atoms with Crippen molar-refractivity contribution < 1.29 is 38.1 Å². The van der Waals surface area contributed by atoms with Gasteiger partial charge in [0.2, 0.25) is 17.6 Å². The lowest BCUT2D eigenvalue weighted by Crippen LogP contribution is -2.53. The van der Waals surface area contributed by atoms with Crippen LogP contribution in [0.1, 0.15) is 35.7 Å². The van der Waals surface area contributed by atoms with Crippen molar-refractivity contribution in [1.29, 1.82) is 0 Å². The standard InChI is InChI=1S/C28H37N3O8/c1-17(32)29-21(14-18-8-7-9-22(35-2)25(18)38-5)27(33)30-20-10-12-31(13-11-20)28(34)19-15-23(36-3)26(39-6)24(16-19)37-4/h7-9,15-16,20-21H,10-14H2,1-6H3,(H,29,32)(H,30,33). The average molecular weight is 544 g/mol. The zero-order valence-electron chi connectivity index (χ0n) is 23.3. The van der Waals surface area contributed by atoms with E-state index < -0.39 is 6.04 Å². The molecule has 2 N–H and O–H groups in total. The number of ether oxygens (including phenoxy) is 5. The number of carbonyl (C=O) groups is 3. The molecule has 0 aromatic heterocycles. The molecule has 3 amide bonds. The van der Waals surface area contributed by atoms with Gasteiger partial charge in [0.1, 0.15) is 6.04 Å². The smallest absolute Gasteiger partial charge is 0.254 e. The van der Waals surface area contributed by atoms with E-state index in [4.69, 9.17) is 23.7 Å². The van der Waals surface area contributed by atoms with E-state index in [9.17, 15) is 14.4 Å². The summed E-state index contributed by atoms with van der Waals surface area (Å²) in [5, 5.41) is 5.78. The predicted molar refractivity (Wildman–Crippen MR) is 144 cm³/mol. The molecular weight excluding hydrogens is 506 g/mol. The van der Waals surface area contributed by atoms with E-state index in [1.54, 1.807) is 36.3 Å². The molecule has 212 valence electrons. The molecule has 0 aliphatic carbocycles. The summed E-state index contributed by atoms with van der Waals surface area (Å²) in [6, 6.07) is 7.71. The Morgan fingerprint density at radius 2 is 1.46 bits per heavy atom. The molecule has 0 spiro atoms. The van der Waals surface area contributed by atoms with Gasteiger partial charge in [-0.1, -0.05) is 12.1 Å². The molecule has 1 unspecified atom stereocenters. The van der Waals surface area contributed by atoms with Crippen molar-refractivity contribution >= 4 is 17.7 Å². The van der Waals surface area contributed by atoms with Gasteiger partial charge in [0.05, 0.1) is 35.5 Å². The maximum absolute atomic E-state index is 13.2. The van der Waals surface area contributed by atoms with Crippen LogP contribution in [-0.4, -0.2) is 83.3 Å². The average Bonchev–Trinajstić information content (AvgIpc) is 2.95. The minimum Gasteiger partial charge on any atom is -0.493 e. The Labute approximate surface area is 228 Å². The molecule has 2 aromatic carbocycles. The van der Waals surface area contributed by atoms with Crippen LogP contribution >= 0.6 is 0 Å². The second kappa shape index (κ2) is 13.6. The predicted octanol–water partition coefficient (Wildman–Crippen LogP) is 2.20. The zero-order valence-corrected chi connectivity index (χ0v) is 23.3. The minimum absolute atomic E-state index is 0.148. The third-order valence-electron chi connectivity index (χ3n) is 6.64. The van der Waals surface area contributed by atoms with Crippen LogP contribution in [0.4, 0.5) is 0 Å². The first-order chi connectivity index (χ1) is 18.8. The molecule has 0 bridgehead atoms. The number of para-hydroxylation sites is 1. The molecule has 1 heterocycles. The Hall–Kier alpha value is -4.15. The molecule has 1 aliphatic heterocycles. The number of rotatable bonds is 11. The van der Waals surface area contributed by atoms with Crippen molar-refractivity contribution in [3.05, 3.63) is 41.5 Å². The number of carbonyl (C=O) groups excluding carboxylic acids is 3. The quantitative estimate of drug-likeness (QED) is 0.442. The molecular formula is C28H37N3O8. The van der Waals surface area contributed by atoms with E-state index >= 15 is 0 Å². The third-order valence-corrected chi connectivity index (χ3v) is 6.64. The van der Waals surface area contributed by atoms with Crippen molar-refractivity contribution in [2.45, 2.75) is 38.3 Å². The number of amides is 3. The van der Waals surface area contributed by atoms with Gasteiger partial charge >= 0.3 is 0 Å². The Kier molecular flexibility index (Phi) is 10.2. The number of likely N-dealkylation sites (tertiary alicyclic amines) is 1. The molecule has 2 aromatic rings. The second-order valence-corrected chi connectivity index (χ2v) is 9.10. The zero-order chi connectivity index (χ0) is 28.5. The molecule has 1 atom stereocenters. The molecule has 0 radical (unpaired) electrons. The van der Waals surface area contributed by atoms with Gasteiger partial charge in [0.25, 0.3) is 5.91 Å². The molecule has 1 fully saturated rings. The number of hydrogen-bond acceptors (Lipinski definition) is 8. The summed E-state index contributed by atoms with van der Waals surface area (Å²) in [6.45, 7) is 2.28. The van der Waals surface area contributed by atoms with Gasteiger partial charge in [-0.25, -0.2) is 0 Å². The summed E-state index contributed by atoms with van der Waals surface area (Å²) in [5.74, 6) is 1.49. The van der Waals surface area contributed by atoms with Crippen molar-refractivity contribution in [2.75, 3.05) is 48.6 Å². The number of nitrogens with zero attached hydrogens (tertiary/aromatic N) is 1. The van der Waals surface area contributed by atoms with Gasteiger partial charge in [-0.15, -0.1) is 0 Å². The summed E-state index contributed by atoms with van der Waals surface area (Å²) in [5.41, 5.74) is 1.15. The Morgan fingerprint density at radius 3 is 1.97 bits per heavy atom. The van der Waals surface area contributed by atoms with Crippen LogP contribution in [0.15, 0.2) is 30.3 Å². The second-order valence-electron chi connectivity index (χ2n) is 9.10. The van der Waals surface area contributed by atoms with Crippen LogP contribution in [0.25, 0.3) is 0 Å². The van der Waals surface area contributed by atoms with Crippen LogP contribution in [0.5, 0.6) is 28.7 Å². The molecule has 11 heteroatoms. The highest BCUT2D eigenvalue weighted by atomic mass is 16.5. The van der Waals surface area contributed by atoms with Gasteiger partial charge in [-0.05, 0) is 31.0 Å². The van der Waals surface area contributed by atoms with Crippen LogP contribution in [0.3, 0.4) is 0 Å². The number of benzene rings is 2. The van der Waals surface area contributed by atoms with Gasteiger partial charge in [0.15, 0.2) is 23.0 Å². The van der Waals surface area contributed by atoms with E-state index in [1.165, 1.54) is 35.4 Å². The topological polar surface area (TPSA) is 125 Å². The highest BCUT2D eigenvalue weighted by Crippen LogP contribution is 2.38. The fraction of sp³-hybridized carbons (Fsp3) is 0.464. The van der Waals surface area contributed by atoms with Crippen LogP contribution in [-0.2, 0) is 16.0 Å². The van der Waals surface area contributed by atoms with Gasteiger partial charge in [-0.3, -0.25) is 14.4 Å². The first-order valence-electron chi connectivity index (χ1n) is 12.6. The summed E-state index contributed by atoms with van der Waals surface area (Å²) in [6.07, 6.45) is 1.36. The van der Waals surface area contributed by atoms with Gasteiger partial charge in [0, 0.05) is 43.6 Å². The summed E-state index contributed by atoms with van der Waals surface area (Å²) in [4.78, 5) is 40.1. The molecule has 1 saturated heterocycles. The molecule has 11 nitrogen and oxygen atoms in total. The van der Waals surface area contributed by atoms with E-state index in [2.05, 4.69) is 10.6 Å². The molecule has 1 aliphatic rings. The van der Waals surface area contributed by atoms with E-state index in [1.807, 2.05) is 6.07 Å². The third kappa shape index (κ3) is 7.04. The lowest BCUT2D eigenvalue weighted by atomic mass is 10.0. The normalized spacial score (nSPS) is 14.2. The SMILES string of the molecule is COc1cccc(CC(NC(C)=O)C(=O)NC2CCN(C(=O)c3cc(OC)c(OC)c(OC)c3)CC2)c1OC. The highest BCUT2D eigenvalue weighted by Gasteiger charge is 2.29. The summed E-state index contributed by atoms with van der Waals surface area (Å²) >= 11 is 0. The monoisotopic (exact) mass is 543 g/mol. The number of hydrogen-bond donors (Lipinski definition) is 2. The lowest BCUT2D eigenvalue weighted by molar-refractivity contribution is -0.128. The van der Waals surface area contributed by atoms with E-state index in [0.29, 0.717) is 60.2 Å². The van der Waals surface area contributed by atoms with Crippen molar-refractivity contribution in [3.8, 4) is 28.7 Å². The maximum atomic E-state index is 13.2. The summed E-state index contributed by atoms with van der Waals surface area (Å²) in [7, 11) is 7.57. The van der Waals surface area contributed by atoms with E-state index in [-0.39, 0.29) is 30.2 Å². The van der Waals surface area contributed by atoms with Crippen LogP contribution in [0, 0.1) is 0 Å². The summed E-state index contributed by atoms with van der Waals surface area (Å²) < 4.78 is 26.9. The Bertz CT molecular complexity index is 1150. The van der Waals surface area contributed by atoms with Crippen LogP contribution < -0.4 is 34.3 Å². The fourth-order valence-electron chi connectivity index (χ4n) is 4.70. The molecule has 3 rings (SSSR count). The van der Waals surface area contributed by atoms with Gasteiger partial charge in [-0.2, -0.15) is 0 Å². The van der Waals surface area contributed by atoms with Crippen LogP contribution in [0.2, 0.25) is 0 Å². The fourth-order valence-corrected chi connectivity index (χ4v) is 4.70. The highest BCUT2D eigenvalue weighted by molar-refractivity contribution is 5.96. The first kappa shape index (κ1) is 29.4. The number of methoxy groups -OCH3 is 5. The largest absolute Gasteiger partial charge is 0.493 e. The Morgan fingerprint density at radius 1 is 0.872 bits per heavy atom. The first-order valence-corrected chi connectivity index (χ1v) is 12.6. The molecule has 0 saturated carbocycles. The van der Waals surface area contributed by atoms with Crippen molar-refractivity contribution in [2.24, 2.45) is 0 Å². The van der Waals surface area contributed by atoms with Crippen molar-refractivity contribution in [1.82, 2.24) is 15.5 Å².